The minimum absolute atomic E-state index is 0.348. The highest BCUT2D eigenvalue weighted by Gasteiger charge is 2.19. The Hall–Kier alpha value is -1.78. The molecule has 88 valence electrons. The molecule has 0 radical (unpaired) electrons. The number of aromatic amines is 1. The Morgan fingerprint density at radius 1 is 1.50 bits per heavy atom. The average Bonchev–Trinajstić information content (AvgIpc) is 2.54. The van der Waals surface area contributed by atoms with Crippen LogP contribution >= 0.6 is 0 Å². The van der Waals surface area contributed by atoms with E-state index in [0.29, 0.717) is 18.0 Å². The van der Waals surface area contributed by atoms with Crippen LogP contribution < -0.4 is 5.84 Å². The van der Waals surface area contributed by atoms with E-state index < -0.39 is 0 Å². The Balaban J connectivity index is 3.21. The third-order valence-electron chi connectivity index (χ3n) is 2.47. The van der Waals surface area contributed by atoms with Gasteiger partial charge in [0.25, 0.3) is 0 Å². The number of aryl methyl sites for hydroxylation is 1. The van der Waals surface area contributed by atoms with E-state index in [9.17, 15) is 4.79 Å². The Morgan fingerprint density at radius 3 is 2.62 bits per heavy atom. The van der Waals surface area contributed by atoms with Crippen molar-refractivity contribution in [3.63, 3.8) is 0 Å². The van der Waals surface area contributed by atoms with Crippen LogP contribution in [0.4, 0.5) is 0 Å². The lowest BCUT2D eigenvalue weighted by Crippen LogP contribution is -2.07. The molecule has 5 nitrogen and oxygen atoms in total. The minimum atomic E-state index is -0.348. The summed E-state index contributed by atoms with van der Waals surface area (Å²) in [4.78, 5) is 14.6. The molecule has 0 fully saturated rings. The molecule has 0 saturated carbocycles. The molecule has 1 aromatic heterocycles. The summed E-state index contributed by atoms with van der Waals surface area (Å²) in [5.74, 6) is 4.90. The first-order valence-electron chi connectivity index (χ1n) is 5.14. The van der Waals surface area contributed by atoms with E-state index in [1.165, 1.54) is 0 Å². The summed E-state index contributed by atoms with van der Waals surface area (Å²) in [6, 6.07) is 0. The zero-order valence-corrected chi connectivity index (χ0v) is 10.0. The van der Waals surface area contributed by atoms with E-state index in [1.807, 2.05) is 13.8 Å². The third kappa shape index (κ3) is 2.08. The van der Waals surface area contributed by atoms with Gasteiger partial charge in [-0.05, 0) is 33.3 Å². The van der Waals surface area contributed by atoms with Crippen LogP contribution in [0.15, 0.2) is 5.10 Å². The smallest absolute Gasteiger partial charge is 0.355 e. The Morgan fingerprint density at radius 2 is 2.12 bits per heavy atom. The molecule has 5 heteroatoms. The predicted octanol–water partition coefficient (Wildman–Crippen LogP) is 1.49. The van der Waals surface area contributed by atoms with Crippen LogP contribution in [0.3, 0.4) is 0 Å². The van der Waals surface area contributed by atoms with Gasteiger partial charge in [0.15, 0.2) is 0 Å². The van der Waals surface area contributed by atoms with Crippen molar-refractivity contribution in [3.05, 3.63) is 22.5 Å². The maximum absolute atomic E-state index is 11.6. The number of nitrogens with two attached hydrogens (primary N) is 1. The summed E-state index contributed by atoms with van der Waals surface area (Å²) in [5.41, 5.74) is 3.74. The zero-order chi connectivity index (χ0) is 12.3. The first-order chi connectivity index (χ1) is 7.52. The number of nitrogens with one attached hydrogen (secondary N) is 1. The lowest BCUT2D eigenvalue weighted by molar-refractivity contribution is 0.0519. The number of H-pyrrole nitrogens is 1. The molecule has 0 aliphatic carbocycles. The van der Waals surface area contributed by atoms with Gasteiger partial charge in [-0.3, -0.25) is 0 Å². The van der Waals surface area contributed by atoms with Gasteiger partial charge in [-0.25, -0.2) is 4.79 Å². The summed E-state index contributed by atoms with van der Waals surface area (Å²) < 4.78 is 4.95. The molecule has 0 aliphatic rings. The fourth-order valence-corrected chi connectivity index (χ4v) is 1.76. The summed E-state index contributed by atoms with van der Waals surface area (Å²) in [5, 5.41) is 3.64. The van der Waals surface area contributed by atoms with Gasteiger partial charge in [-0.2, -0.15) is 5.10 Å². The Kier molecular flexibility index (Phi) is 3.71. The van der Waals surface area contributed by atoms with Crippen molar-refractivity contribution in [1.29, 1.82) is 0 Å². The van der Waals surface area contributed by atoms with Crippen LogP contribution in [0.1, 0.15) is 41.2 Å². The molecule has 0 aliphatic heterocycles. The minimum Gasteiger partial charge on any atom is -0.461 e. The van der Waals surface area contributed by atoms with Crippen LogP contribution in [0.5, 0.6) is 0 Å². The molecule has 0 aromatic carbocycles. The summed E-state index contributed by atoms with van der Waals surface area (Å²) in [6.45, 7) is 7.66. The van der Waals surface area contributed by atoms with Gasteiger partial charge >= 0.3 is 5.97 Å². The van der Waals surface area contributed by atoms with E-state index >= 15 is 0 Å². The molecule has 0 saturated heterocycles. The first-order valence-corrected chi connectivity index (χ1v) is 5.14. The second-order valence-corrected chi connectivity index (χ2v) is 3.56. The highest BCUT2D eigenvalue weighted by atomic mass is 16.5. The predicted molar refractivity (Wildman–Crippen MR) is 62.6 cm³/mol. The monoisotopic (exact) mass is 223 g/mol. The first kappa shape index (κ1) is 12.3. The van der Waals surface area contributed by atoms with Crippen molar-refractivity contribution in [2.45, 2.75) is 27.7 Å². The van der Waals surface area contributed by atoms with Gasteiger partial charge in [0.05, 0.1) is 12.3 Å². The van der Waals surface area contributed by atoms with Gasteiger partial charge < -0.3 is 15.6 Å². The molecule has 0 spiro atoms. The number of nitrogens with zero attached hydrogens (tertiary/aromatic N) is 1. The number of aromatic nitrogens is 1. The topological polar surface area (TPSA) is 80.5 Å². The largest absolute Gasteiger partial charge is 0.461 e. The van der Waals surface area contributed by atoms with Crippen LogP contribution in [0, 0.1) is 13.8 Å². The molecule has 16 heavy (non-hydrogen) atoms. The SMILES string of the molecule is CCOC(=O)c1[nH]c(C)c(/C(C)=N/N)c1C. The molecule has 0 atom stereocenters. The van der Waals surface area contributed by atoms with E-state index in [1.54, 1.807) is 13.8 Å². The number of carbonyl (C=O) groups is 1. The van der Waals surface area contributed by atoms with Crippen molar-refractivity contribution < 1.29 is 9.53 Å². The average molecular weight is 223 g/mol. The summed E-state index contributed by atoms with van der Waals surface area (Å²) in [6.07, 6.45) is 0. The molecule has 1 aromatic rings. The number of esters is 1. The summed E-state index contributed by atoms with van der Waals surface area (Å²) >= 11 is 0. The molecule has 1 heterocycles. The van der Waals surface area contributed by atoms with Gasteiger partial charge in [0, 0.05) is 11.3 Å². The van der Waals surface area contributed by atoms with E-state index in [0.717, 1.165) is 16.8 Å². The number of hydrogen-bond acceptors (Lipinski definition) is 4. The summed E-state index contributed by atoms with van der Waals surface area (Å²) in [7, 11) is 0. The Labute approximate surface area is 94.7 Å². The second-order valence-electron chi connectivity index (χ2n) is 3.56. The van der Waals surface area contributed by atoms with Crippen molar-refractivity contribution in [3.8, 4) is 0 Å². The lowest BCUT2D eigenvalue weighted by atomic mass is 10.1. The second kappa shape index (κ2) is 4.83. The molecule has 0 bridgehead atoms. The fraction of sp³-hybridized carbons (Fsp3) is 0.455. The maximum atomic E-state index is 11.6. The van der Waals surface area contributed by atoms with Gasteiger partial charge in [-0.15, -0.1) is 0 Å². The number of hydrogen-bond donors (Lipinski definition) is 2. The zero-order valence-electron chi connectivity index (χ0n) is 10.0. The van der Waals surface area contributed by atoms with Crippen molar-refractivity contribution in [2.24, 2.45) is 10.9 Å². The molecule has 0 amide bonds. The molecule has 0 unspecified atom stereocenters. The van der Waals surface area contributed by atoms with E-state index in [-0.39, 0.29) is 5.97 Å². The van der Waals surface area contributed by atoms with Gasteiger partial charge in [-0.1, -0.05) is 0 Å². The normalized spacial score (nSPS) is 11.6. The van der Waals surface area contributed by atoms with Crippen LogP contribution in [-0.4, -0.2) is 23.3 Å². The number of hydrazone groups is 1. The van der Waals surface area contributed by atoms with Gasteiger partial charge in [0.2, 0.25) is 0 Å². The Bertz CT molecular complexity index is 433. The molecule has 1 rings (SSSR count). The van der Waals surface area contributed by atoms with Crippen LogP contribution in [-0.2, 0) is 4.74 Å². The van der Waals surface area contributed by atoms with Crippen molar-refractivity contribution in [1.82, 2.24) is 4.98 Å². The highest BCUT2D eigenvalue weighted by molar-refractivity contribution is 6.04. The molecular formula is C11H17N3O2. The van der Waals surface area contributed by atoms with Gasteiger partial charge in [0.1, 0.15) is 5.69 Å². The quantitative estimate of drug-likeness (QED) is 0.352. The van der Waals surface area contributed by atoms with E-state index in [2.05, 4.69) is 10.1 Å². The standard InChI is InChI=1S/C11H17N3O2/c1-5-16-11(15)10-6(2)9(7(3)13-10)8(4)14-12/h13H,5,12H2,1-4H3/b14-8+. The van der Waals surface area contributed by atoms with Crippen LogP contribution in [0.25, 0.3) is 0 Å². The number of carbonyl (C=O) groups excluding carboxylic acids is 1. The van der Waals surface area contributed by atoms with Crippen molar-refractivity contribution in [2.75, 3.05) is 6.61 Å². The molecular weight excluding hydrogens is 206 g/mol. The fourth-order valence-electron chi connectivity index (χ4n) is 1.76. The van der Waals surface area contributed by atoms with Crippen molar-refractivity contribution >= 4 is 11.7 Å². The molecule has 3 N–H and O–H groups in total. The lowest BCUT2D eigenvalue weighted by Gasteiger charge is -2.01. The maximum Gasteiger partial charge on any atom is 0.355 e. The van der Waals surface area contributed by atoms with E-state index in [4.69, 9.17) is 10.6 Å². The third-order valence-corrected chi connectivity index (χ3v) is 2.47. The van der Waals surface area contributed by atoms with Crippen LogP contribution in [0.2, 0.25) is 0 Å². The number of rotatable bonds is 3. The number of ether oxygens (including phenoxy) is 1. The highest BCUT2D eigenvalue weighted by Crippen LogP contribution is 2.19.